The second kappa shape index (κ2) is 8.70. The minimum absolute atomic E-state index is 0.252. The summed E-state index contributed by atoms with van der Waals surface area (Å²) in [5.41, 5.74) is 4.03. The highest BCUT2D eigenvalue weighted by molar-refractivity contribution is 7.80. The number of anilines is 1. The predicted molar refractivity (Wildman–Crippen MR) is 114 cm³/mol. The van der Waals surface area contributed by atoms with E-state index in [1.165, 1.54) is 5.56 Å². The fourth-order valence-corrected chi connectivity index (χ4v) is 3.70. The molecule has 1 amide bonds. The van der Waals surface area contributed by atoms with Gasteiger partial charge >= 0.3 is 0 Å². The van der Waals surface area contributed by atoms with Crippen LogP contribution in [0.3, 0.4) is 0 Å². The number of hydrogen-bond acceptors (Lipinski definition) is 7. The van der Waals surface area contributed by atoms with Crippen molar-refractivity contribution in [2.45, 2.75) is 6.54 Å². The van der Waals surface area contributed by atoms with Gasteiger partial charge in [-0.3, -0.25) is 15.0 Å². The van der Waals surface area contributed by atoms with Crippen molar-refractivity contribution < 1.29 is 9.53 Å². The highest BCUT2D eigenvalue weighted by atomic mass is 32.1. The summed E-state index contributed by atoms with van der Waals surface area (Å²) in [4.78, 5) is 14.8. The van der Waals surface area contributed by atoms with Crippen LogP contribution in [0.15, 0.2) is 42.5 Å². The molecule has 1 fully saturated rings. The molecule has 0 radical (unpaired) electrons. The molecular formula is C19H19N5O2S2. The van der Waals surface area contributed by atoms with Crippen molar-refractivity contribution in [1.29, 1.82) is 0 Å². The standard InChI is InChI=1S/C19H19N5O2S2/c25-18(14-3-6-16-17(11-14)23-28-22-16)21-19(27)20-15-4-1-13(2-5-15)12-24-7-9-26-10-8-24/h1-6,11H,7-10,12H2,(H2,20,21,25,27). The van der Waals surface area contributed by atoms with Crippen LogP contribution in [0, 0.1) is 0 Å². The lowest BCUT2D eigenvalue weighted by atomic mass is 10.2. The lowest BCUT2D eigenvalue weighted by molar-refractivity contribution is 0.0342. The fraction of sp³-hybridized carbons (Fsp3) is 0.263. The topological polar surface area (TPSA) is 79.4 Å². The van der Waals surface area contributed by atoms with Crippen LogP contribution < -0.4 is 10.6 Å². The number of thiocarbonyl (C=S) groups is 1. The highest BCUT2D eigenvalue weighted by Crippen LogP contribution is 2.14. The van der Waals surface area contributed by atoms with E-state index in [0.717, 1.165) is 55.8 Å². The molecule has 2 heterocycles. The number of nitrogens with one attached hydrogen (secondary N) is 2. The molecular weight excluding hydrogens is 394 g/mol. The minimum Gasteiger partial charge on any atom is -0.379 e. The first kappa shape index (κ1) is 18.9. The molecule has 0 bridgehead atoms. The van der Waals surface area contributed by atoms with Crippen LogP contribution in [0.4, 0.5) is 5.69 Å². The maximum absolute atomic E-state index is 12.4. The molecule has 2 N–H and O–H groups in total. The van der Waals surface area contributed by atoms with Crippen LogP contribution in [-0.2, 0) is 11.3 Å². The summed E-state index contributed by atoms with van der Waals surface area (Å²) in [7, 11) is 0. The van der Waals surface area contributed by atoms with Gasteiger partial charge < -0.3 is 10.1 Å². The van der Waals surface area contributed by atoms with Crippen LogP contribution in [0.5, 0.6) is 0 Å². The summed E-state index contributed by atoms with van der Waals surface area (Å²) < 4.78 is 13.7. The Bertz CT molecular complexity index is 983. The Kier molecular flexibility index (Phi) is 5.87. The van der Waals surface area contributed by atoms with Crippen molar-refractivity contribution in [3.05, 3.63) is 53.6 Å². The average molecular weight is 414 g/mol. The molecule has 28 heavy (non-hydrogen) atoms. The van der Waals surface area contributed by atoms with E-state index in [9.17, 15) is 4.79 Å². The first-order valence-corrected chi connectivity index (χ1v) is 10.0. The van der Waals surface area contributed by atoms with Gasteiger partial charge in [-0.1, -0.05) is 12.1 Å². The number of ether oxygens (including phenoxy) is 1. The SMILES string of the molecule is O=C(NC(=S)Nc1ccc(CN2CCOCC2)cc1)c1ccc2nsnc2c1. The number of morpholine rings is 1. The number of amides is 1. The lowest BCUT2D eigenvalue weighted by Gasteiger charge is -2.26. The fourth-order valence-electron chi connectivity index (χ4n) is 2.97. The predicted octanol–water partition coefficient (Wildman–Crippen LogP) is 2.65. The molecule has 1 saturated heterocycles. The van der Waals surface area contributed by atoms with Crippen LogP contribution in [-0.4, -0.2) is 51.0 Å². The Morgan fingerprint density at radius 1 is 1.11 bits per heavy atom. The molecule has 1 aliphatic heterocycles. The van der Waals surface area contributed by atoms with E-state index in [0.29, 0.717) is 11.1 Å². The number of carbonyl (C=O) groups excluding carboxylic acids is 1. The molecule has 0 spiro atoms. The third-order valence-electron chi connectivity index (χ3n) is 4.46. The van der Waals surface area contributed by atoms with E-state index in [1.54, 1.807) is 18.2 Å². The zero-order chi connectivity index (χ0) is 19.3. The monoisotopic (exact) mass is 413 g/mol. The van der Waals surface area contributed by atoms with E-state index in [1.807, 2.05) is 12.1 Å². The molecule has 2 aromatic carbocycles. The van der Waals surface area contributed by atoms with Gasteiger partial charge in [-0.05, 0) is 48.1 Å². The second-order valence-corrected chi connectivity index (χ2v) is 7.40. The Labute approximate surface area is 172 Å². The first-order chi connectivity index (χ1) is 13.7. The third kappa shape index (κ3) is 4.68. The number of benzene rings is 2. The molecule has 9 heteroatoms. The summed E-state index contributed by atoms with van der Waals surface area (Å²) >= 11 is 6.39. The van der Waals surface area contributed by atoms with Gasteiger partial charge in [0, 0.05) is 30.9 Å². The van der Waals surface area contributed by atoms with Crippen molar-refractivity contribution in [2.75, 3.05) is 31.6 Å². The van der Waals surface area contributed by atoms with Gasteiger partial charge in [-0.25, -0.2) is 0 Å². The summed E-state index contributed by atoms with van der Waals surface area (Å²) in [6.45, 7) is 4.40. The van der Waals surface area contributed by atoms with E-state index in [-0.39, 0.29) is 11.0 Å². The van der Waals surface area contributed by atoms with E-state index < -0.39 is 0 Å². The zero-order valence-electron chi connectivity index (χ0n) is 15.1. The Morgan fingerprint density at radius 3 is 2.64 bits per heavy atom. The van der Waals surface area contributed by atoms with Gasteiger partial charge in [0.2, 0.25) is 0 Å². The zero-order valence-corrected chi connectivity index (χ0v) is 16.7. The molecule has 3 aromatic rings. The number of nitrogens with zero attached hydrogens (tertiary/aromatic N) is 3. The van der Waals surface area contributed by atoms with Crippen molar-refractivity contribution >= 4 is 51.7 Å². The summed E-state index contributed by atoms with van der Waals surface area (Å²) in [5.74, 6) is -0.281. The number of rotatable bonds is 4. The van der Waals surface area contributed by atoms with Crippen molar-refractivity contribution in [1.82, 2.24) is 19.0 Å². The van der Waals surface area contributed by atoms with Gasteiger partial charge in [-0.15, -0.1) is 0 Å². The number of carbonyl (C=O) groups is 1. The molecule has 144 valence electrons. The Hall–Kier alpha value is -2.46. The van der Waals surface area contributed by atoms with Crippen LogP contribution in [0.2, 0.25) is 0 Å². The molecule has 0 unspecified atom stereocenters. The normalized spacial score (nSPS) is 14.7. The average Bonchev–Trinajstić information content (AvgIpc) is 3.18. The van der Waals surface area contributed by atoms with E-state index in [4.69, 9.17) is 17.0 Å². The van der Waals surface area contributed by atoms with E-state index >= 15 is 0 Å². The molecule has 7 nitrogen and oxygen atoms in total. The quantitative estimate of drug-likeness (QED) is 0.637. The Morgan fingerprint density at radius 2 is 1.86 bits per heavy atom. The van der Waals surface area contributed by atoms with Crippen molar-refractivity contribution in [3.63, 3.8) is 0 Å². The number of hydrogen-bond donors (Lipinski definition) is 2. The van der Waals surface area contributed by atoms with Gasteiger partial charge in [0.15, 0.2) is 5.11 Å². The Balaban J connectivity index is 1.32. The van der Waals surface area contributed by atoms with Crippen LogP contribution >= 0.6 is 23.9 Å². The maximum atomic E-state index is 12.4. The second-order valence-electron chi connectivity index (χ2n) is 6.46. The van der Waals surface area contributed by atoms with Crippen molar-refractivity contribution in [3.8, 4) is 0 Å². The van der Waals surface area contributed by atoms with Gasteiger partial charge in [-0.2, -0.15) is 8.75 Å². The summed E-state index contributed by atoms with van der Waals surface area (Å²) in [6, 6.07) is 13.2. The van der Waals surface area contributed by atoms with Crippen molar-refractivity contribution in [2.24, 2.45) is 0 Å². The van der Waals surface area contributed by atoms with Crippen LogP contribution in [0.25, 0.3) is 11.0 Å². The summed E-state index contributed by atoms with van der Waals surface area (Å²) in [6.07, 6.45) is 0. The third-order valence-corrected chi connectivity index (χ3v) is 5.23. The van der Waals surface area contributed by atoms with Gasteiger partial charge in [0.25, 0.3) is 5.91 Å². The largest absolute Gasteiger partial charge is 0.379 e. The summed E-state index contributed by atoms with van der Waals surface area (Å²) in [5, 5.41) is 5.99. The smallest absolute Gasteiger partial charge is 0.257 e. The molecule has 0 saturated carbocycles. The minimum atomic E-state index is -0.281. The lowest BCUT2D eigenvalue weighted by Crippen LogP contribution is -2.35. The molecule has 1 aromatic heterocycles. The maximum Gasteiger partial charge on any atom is 0.257 e. The molecule has 4 rings (SSSR count). The van der Waals surface area contributed by atoms with Gasteiger partial charge in [0.1, 0.15) is 11.0 Å². The number of fused-ring (bicyclic) bond motifs is 1. The van der Waals surface area contributed by atoms with Crippen LogP contribution in [0.1, 0.15) is 15.9 Å². The highest BCUT2D eigenvalue weighted by Gasteiger charge is 2.12. The molecule has 0 aliphatic carbocycles. The van der Waals surface area contributed by atoms with E-state index in [2.05, 4.69) is 36.4 Å². The van der Waals surface area contributed by atoms with Gasteiger partial charge in [0.05, 0.1) is 24.9 Å². The molecule has 0 atom stereocenters. The molecule has 1 aliphatic rings. The first-order valence-electron chi connectivity index (χ1n) is 8.91. The number of aromatic nitrogens is 2.